The topological polar surface area (TPSA) is 108 Å². The second kappa shape index (κ2) is 7.28. The molecule has 0 aliphatic rings. The molecule has 1 aromatic rings. The standard InChI is InChI=1S/C13H20N2O5S/c1-4-20-13(16)15-9(2)7-10-5-6-11(19-3)12(8-10)21(14,17)18/h5-6,8-9H,4,7H2,1-3H3,(H,15,16)(H2,14,17,18)/t9-/m1/s1. The van der Waals surface area contributed by atoms with Crippen LogP contribution in [0.1, 0.15) is 19.4 Å². The van der Waals surface area contributed by atoms with E-state index in [1.807, 2.05) is 0 Å². The highest BCUT2D eigenvalue weighted by Crippen LogP contribution is 2.24. The molecule has 8 heteroatoms. The molecule has 0 saturated carbocycles. The average molecular weight is 316 g/mol. The number of nitrogens with one attached hydrogen (secondary N) is 1. The van der Waals surface area contributed by atoms with E-state index < -0.39 is 16.1 Å². The van der Waals surface area contributed by atoms with E-state index in [4.69, 9.17) is 14.6 Å². The summed E-state index contributed by atoms with van der Waals surface area (Å²) in [5.74, 6) is 0.187. The van der Waals surface area contributed by atoms with Crippen LogP contribution in [0.4, 0.5) is 4.79 Å². The van der Waals surface area contributed by atoms with Gasteiger partial charge in [-0.2, -0.15) is 0 Å². The predicted molar refractivity (Wildman–Crippen MR) is 77.7 cm³/mol. The minimum Gasteiger partial charge on any atom is -0.495 e. The Balaban J connectivity index is 2.88. The number of carbonyl (C=O) groups excluding carboxylic acids is 1. The lowest BCUT2D eigenvalue weighted by Crippen LogP contribution is -2.34. The Labute approximate surface area is 124 Å². The Morgan fingerprint density at radius 2 is 2.10 bits per heavy atom. The fraction of sp³-hybridized carbons (Fsp3) is 0.462. The van der Waals surface area contributed by atoms with Gasteiger partial charge < -0.3 is 14.8 Å². The van der Waals surface area contributed by atoms with Gasteiger partial charge in [0.2, 0.25) is 10.0 Å². The van der Waals surface area contributed by atoms with Crippen LogP contribution in [0.3, 0.4) is 0 Å². The Morgan fingerprint density at radius 3 is 2.62 bits per heavy atom. The summed E-state index contributed by atoms with van der Waals surface area (Å²) in [6.45, 7) is 3.79. The second-order valence-corrected chi connectivity index (χ2v) is 6.03. The summed E-state index contributed by atoms with van der Waals surface area (Å²) in [6.07, 6.45) is -0.0732. The van der Waals surface area contributed by atoms with Gasteiger partial charge in [-0.25, -0.2) is 18.4 Å². The summed E-state index contributed by atoms with van der Waals surface area (Å²) in [4.78, 5) is 11.2. The monoisotopic (exact) mass is 316 g/mol. The first-order chi connectivity index (χ1) is 9.77. The van der Waals surface area contributed by atoms with Gasteiger partial charge >= 0.3 is 6.09 Å². The van der Waals surface area contributed by atoms with Gasteiger partial charge in [-0.1, -0.05) is 6.07 Å². The molecule has 1 aromatic carbocycles. The smallest absolute Gasteiger partial charge is 0.407 e. The number of hydrogen-bond acceptors (Lipinski definition) is 5. The van der Waals surface area contributed by atoms with E-state index in [0.29, 0.717) is 12.0 Å². The van der Waals surface area contributed by atoms with Crippen molar-refractivity contribution in [1.82, 2.24) is 5.32 Å². The van der Waals surface area contributed by atoms with E-state index in [2.05, 4.69) is 5.32 Å². The highest BCUT2D eigenvalue weighted by molar-refractivity contribution is 7.89. The first-order valence-corrected chi connectivity index (χ1v) is 7.95. The molecule has 0 unspecified atom stereocenters. The van der Waals surface area contributed by atoms with Gasteiger partial charge in [0.15, 0.2) is 0 Å². The largest absolute Gasteiger partial charge is 0.495 e. The number of rotatable bonds is 6. The highest BCUT2D eigenvalue weighted by atomic mass is 32.2. The zero-order valence-corrected chi connectivity index (χ0v) is 13.1. The van der Waals surface area contributed by atoms with Crippen molar-refractivity contribution < 1.29 is 22.7 Å². The molecule has 0 spiro atoms. The maximum Gasteiger partial charge on any atom is 0.407 e. The van der Waals surface area contributed by atoms with E-state index in [1.54, 1.807) is 19.9 Å². The third-order valence-corrected chi connectivity index (χ3v) is 3.65. The minimum absolute atomic E-state index is 0.0779. The number of benzene rings is 1. The van der Waals surface area contributed by atoms with Crippen LogP contribution < -0.4 is 15.2 Å². The molecule has 0 radical (unpaired) electrons. The van der Waals surface area contributed by atoms with Crippen molar-refractivity contribution in [1.29, 1.82) is 0 Å². The fourth-order valence-electron chi connectivity index (χ4n) is 1.85. The molecule has 0 aromatic heterocycles. The third kappa shape index (κ3) is 5.24. The fourth-order valence-corrected chi connectivity index (χ4v) is 2.60. The third-order valence-electron chi connectivity index (χ3n) is 2.72. The Morgan fingerprint density at radius 1 is 1.43 bits per heavy atom. The zero-order chi connectivity index (χ0) is 16.0. The molecule has 1 rings (SSSR count). The summed E-state index contributed by atoms with van der Waals surface area (Å²) >= 11 is 0. The second-order valence-electron chi connectivity index (χ2n) is 4.50. The molecular formula is C13H20N2O5S. The molecule has 0 heterocycles. The Bertz CT molecular complexity index is 601. The van der Waals surface area contributed by atoms with E-state index in [9.17, 15) is 13.2 Å². The molecule has 0 saturated heterocycles. The van der Waals surface area contributed by atoms with Crippen LogP contribution in [0.25, 0.3) is 0 Å². The van der Waals surface area contributed by atoms with Crippen LogP contribution in [0.5, 0.6) is 5.75 Å². The van der Waals surface area contributed by atoms with Crippen molar-refractivity contribution in [2.24, 2.45) is 5.14 Å². The zero-order valence-electron chi connectivity index (χ0n) is 12.3. The molecule has 118 valence electrons. The first kappa shape index (κ1) is 17.3. The van der Waals surface area contributed by atoms with Gasteiger partial charge in [-0.3, -0.25) is 0 Å². The molecule has 0 bridgehead atoms. The lowest BCUT2D eigenvalue weighted by molar-refractivity contribution is 0.149. The van der Waals surface area contributed by atoms with Crippen LogP contribution in [0, 0.1) is 0 Å². The number of carbonyl (C=O) groups is 1. The number of nitrogens with two attached hydrogens (primary N) is 1. The van der Waals surface area contributed by atoms with Gasteiger partial charge in [0.25, 0.3) is 0 Å². The number of primary sulfonamides is 1. The van der Waals surface area contributed by atoms with Gasteiger partial charge in [-0.15, -0.1) is 0 Å². The summed E-state index contributed by atoms with van der Waals surface area (Å²) in [5.41, 5.74) is 0.712. The van der Waals surface area contributed by atoms with Crippen LogP contribution in [0.15, 0.2) is 23.1 Å². The number of ether oxygens (including phenoxy) is 2. The van der Waals surface area contributed by atoms with Crippen molar-refractivity contribution in [3.8, 4) is 5.75 Å². The molecular weight excluding hydrogens is 296 g/mol. The van der Waals surface area contributed by atoms with E-state index in [-0.39, 0.29) is 23.3 Å². The lowest BCUT2D eigenvalue weighted by atomic mass is 10.1. The van der Waals surface area contributed by atoms with E-state index in [1.165, 1.54) is 19.2 Å². The summed E-state index contributed by atoms with van der Waals surface area (Å²) in [6, 6.07) is 4.48. The van der Waals surface area contributed by atoms with Crippen molar-refractivity contribution in [3.05, 3.63) is 23.8 Å². The average Bonchev–Trinajstić information content (AvgIpc) is 2.37. The highest BCUT2D eigenvalue weighted by Gasteiger charge is 2.17. The predicted octanol–water partition coefficient (Wildman–Crippen LogP) is 1.02. The van der Waals surface area contributed by atoms with Crippen LogP contribution >= 0.6 is 0 Å². The van der Waals surface area contributed by atoms with Gasteiger partial charge in [0.05, 0.1) is 13.7 Å². The summed E-state index contributed by atoms with van der Waals surface area (Å²) < 4.78 is 32.8. The SMILES string of the molecule is CCOC(=O)N[C@H](C)Cc1ccc(OC)c(S(N)(=O)=O)c1. The van der Waals surface area contributed by atoms with Gasteiger partial charge in [-0.05, 0) is 38.0 Å². The van der Waals surface area contributed by atoms with Crippen LogP contribution in [0.2, 0.25) is 0 Å². The lowest BCUT2D eigenvalue weighted by Gasteiger charge is -2.15. The Hall–Kier alpha value is -1.80. The molecule has 0 aliphatic carbocycles. The van der Waals surface area contributed by atoms with Crippen molar-refractivity contribution in [3.63, 3.8) is 0 Å². The number of sulfonamides is 1. The molecule has 0 fully saturated rings. The Kier molecular flexibility index (Phi) is 5.98. The van der Waals surface area contributed by atoms with E-state index in [0.717, 1.165) is 0 Å². The van der Waals surface area contributed by atoms with E-state index >= 15 is 0 Å². The number of amides is 1. The molecule has 7 nitrogen and oxygen atoms in total. The number of hydrogen-bond donors (Lipinski definition) is 2. The molecule has 1 atom stereocenters. The van der Waals surface area contributed by atoms with Crippen molar-refractivity contribution in [2.45, 2.75) is 31.2 Å². The quantitative estimate of drug-likeness (QED) is 0.814. The summed E-state index contributed by atoms with van der Waals surface area (Å²) in [5, 5.41) is 7.80. The molecule has 0 aliphatic heterocycles. The van der Waals surface area contributed by atoms with Crippen molar-refractivity contribution in [2.75, 3.05) is 13.7 Å². The summed E-state index contributed by atoms with van der Waals surface area (Å²) in [7, 11) is -2.50. The number of methoxy groups -OCH3 is 1. The number of alkyl carbamates (subject to hydrolysis) is 1. The van der Waals surface area contributed by atoms with Crippen LogP contribution in [-0.2, 0) is 21.2 Å². The first-order valence-electron chi connectivity index (χ1n) is 6.41. The molecule has 21 heavy (non-hydrogen) atoms. The van der Waals surface area contributed by atoms with Gasteiger partial charge in [0.1, 0.15) is 10.6 Å². The van der Waals surface area contributed by atoms with Crippen molar-refractivity contribution >= 4 is 16.1 Å². The van der Waals surface area contributed by atoms with Crippen LogP contribution in [-0.4, -0.2) is 34.3 Å². The minimum atomic E-state index is -3.87. The maximum absolute atomic E-state index is 11.5. The normalized spacial score (nSPS) is 12.6. The molecule has 1 amide bonds. The molecule has 3 N–H and O–H groups in total. The van der Waals surface area contributed by atoms with Gasteiger partial charge in [0, 0.05) is 6.04 Å². The maximum atomic E-state index is 11.5.